The Bertz CT molecular complexity index is 927. The number of amides is 1. The number of nitrogens with zero attached hydrogens (tertiary/aromatic N) is 2. The lowest BCUT2D eigenvalue weighted by molar-refractivity contribution is 0.102. The van der Waals surface area contributed by atoms with Gasteiger partial charge in [0, 0.05) is 10.9 Å². The first-order chi connectivity index (χ1) is 12.5. The van der Waals surface area contributed by atoms with Gasteiger partial charge in [0.25, 0.3) is 5.91 Å². The third-order valence-corrected chi connectivity index (χ3v) is 5.31. The highest BCUT2D eigenvalue weighted by Crippen LogP contribution is 2.22. The molecule has 1 amide bonds. The molecule has 26 heavy (non-hydrogen) atoms. The number of hydrogen-bond acceptors (Lipinski definition) is 5. The Morgan fingerprint density at radius 3 is 2.81 bits per heavy atom. The minimum atomic E-state index is -0.216. The molecule has 3 rings (SSSR count). The summed E-state index contributed by atoms with van der Waals surface area (Å²) in [6.45, 7) is 4.57. The van der Waals surface area contributed by atoms with Crippen molar-refractivity contribution in [2.45, 2.75) is 20.3 Å². The first kappa shape index (κ1) is 18.5. The number of hydrogen-bond donors (Lipinski definition) is 1. The predicted molar refractivity (Wildman–Crippen MR) is 107 cm³/mol. The average molecular weight is 432 g/mol. The number of rotatable bonds is 6. The van der Waals surface area contributed by atoms with E-state index in [4.69, 9.17) is 4.74 Å². The van der Waals surface area contributed by atoms with Crippen LogP contribution in [0.1, 0.15) is 26.5 Å². The van der Waals surface area contributed by atoms with Crippen LogP contribution in [0.2, 0.25) is 0 Å². The zero-order valence-electron chi connectivity index (χ0n) is 14.5. The van der Waals surface area contributed by atoms with Gasteiger partial charge in [0.05, 0.1) is 12.2 Å². The Morgan fingerprint density at radius 1 is 1.19 bits per heavy atom. The number of carbonyl (C=O) groups excluding carboxylic acids is 1. The maximum absolute atomic E-state index is 12.3. The van der Waals surface area contributed by atoms with Crippen molar-refractivity contribution in [3.05, 3.63) is 68.6 Å². The van der Waals surface area contributed by atoms with E-state index in [1.807, 2.05) is 44.2 Å². The summed E-state index contributed by atoms with van der Waals surface area (Å²) >= 11 is 4.73. The minimum absolute atomic E-state index is 0.216. The summed E-state index contributed by atoms with van der Waals surface area (Å²) in [6, 6.07) is 13.4. The molecule has 7 heteroatoms. The summed E-state index contributed by atoms with van der Waals surface area (Å²) in [5.41, 5.74) is 2.83. The van der Waals surface area contributed by atoms with Crippen molar-refractivity contribution in [2.24, 2.45) is 0 Å². The monoisotopic (exact) mass is 431 g/mol. The Kier molecular flexibility index (Phi) is 6.00. The summed E-state index contributed by atoms with van der Waals surface area (Å²) in [4.78, 5) is 12.3. The molecule has 0 saturated carbocycles. The zero-order valence-corrected chi connectivity index (χ0v) is 16.9. The van der Waals surface area contributed by atoms with Crippen LogP contribution in [0.3, 0.4) is 0 Å². The quantitative estimate of drug-likeness (QED) is 0.608. The SMILES string of the molecule is Cc1ccc(C)c(OCCc2nnc(NC(=O)c3ccccc3Br)s2)c1. The van der Waals surface area contributed by atoms with Crippen molar-refractivity contribution in [2.75, 3.05) is 11.9 Å². The van der Waals surface area contributed by atoms with Crippen LogP contribution in [0.5, 0.6) is 5.75 Å². The summed E-state index contributed by atoms with van der Waals surface area (Å²) in [7, 11) is 0. The maximum Gasteiger partial charge on any atom is 0.258 e. The summed E-state index contributed by atoms with van der Waals surface area (Å²) < 4.78 is 6.58. The highest BCUT2D eigenvalue weighted by Gasteiger charge is 2.12. The molecule has 0 unspecified atom stereocenters. The molecule has 1 heterocycles. The van der Waals surface area contributed by atoms with E-state index in [9.17, 15) is 4.79 Å². The molecule has 1 N–H and O–H groups in total. The molecule has 134 valence electrons. The lowest BCUT2D eigenvalue weighted by atomic mass is 10.1. The van der Waals surface area contributed by atoms with Gasteiger partial charge in [0.2, 0.25) is 5.13 Å². The van der Waals surface area contributed by atoms with E-state index in [2.05, 4.69) is 37.5 Å². The standard InChI is InChI=1S/C19H18BrN3O2S/c1-12-7-8-13(2)16(11-12)25-10-9-17-22-23-19(26-17)21-18(24)14-5-3-4-6-15(14)20/h3-8,11H,9-10H2,1-2H3,(H,21,23,24). The van der Waals surface area contributed by atoms with Gasteiger partial charge in [0.15, 0.2) is 0 Å². The number of benzene rings is 2. The Morgan fingerprint density at radius 2 is 2.00 bits per heavy atom. The Labute approximate surface area is 164 Å². The number of ether oxygens (including phenoxy) is 1. The first-order valence-electron chi connectivity index (χ1n) is 8.11. The maximum atomic E-state index is 12.3. The Balaban J connectivity index is 1.56. The van der Waals surface area contributed by atoms with Crippen molar-refractivity contribution < 1.29 is 9.53 Å². The second kappa shape index (κ2) is 8.42. The van der Waals surface area contributed by atoms with E-state index in [-0.39, 0.29) is 5.91 Å². The molecule has 2 aromatic carbocycles. The van der Waals surface area contributed by atoms with Crippen molar-refractivity contribution >= 4 is 38.3 Å². The molecule has 0 spiro atoms. The molecule has 0 fully saturated rings. The summed E-state index contributed by atoms with van der Waals surface area (Å²) in [5, 5.41) is 12.2. The molecule has 0 atom stereocenters. The van der Waals surface area contributed by atoms with Gasteiger partial charge < -0.3 is 4.74 Å². The Hall–Kier alpha value is -2.25. The van der Waals surface area contributed by atoms with Crippen LogP contribution in [0.15, 0.2) is 46.9 Å². The fourth-order valence-electron chi connectivity index (χ4n) is 2.33. The largest absolute Gasteiger partial charge is 0.493 e. The van der Waals surface area contributed by atoms with E-state index in [1.54, 1.807) is 6.07 Å². The second-order valence-corrected chi connectivity index (χ2v) is 7.72. The second-order valence-electron chi connectivity index (χ2n) is 5.80. The normalized spacial score (nSPS) is 10.6. The molecule has 0 aliphatic heterocycles. The van der Waals surface area contributed by atoms with Gasteiger partial charge in [-0.25, -0.2) is 0 Å². The van der Waals surface area contributed by atoms with E-state index < -0.39 is 0 Å². The van der Waals surface area contributed by atoms with Gasteiger partial charge in [-0.05, 0) is 59.1 Å². The van der Waals surface area contributed by atoms with E-state index in [0.717, 1.165) is 20.8 Å². The molecular weight excluding hydrogens is 414 g/mol. The molecular formula is C19H18BrN3O2S. The summed E-state index contributed by atoms with van der Waals surface area (Å²) in [5.74, 6) is 0.670. The third kappa shape index (κ3) is 4.68. The van der Waals surface area contributed by atoms with Gasteiger partial charge in [-0.15, -0.1) is 10.2 Å². The van der Waals surface area contributed by atoms with Crippen LogP contribution in [0.25, 0.3) is 0 Å². The molecule has 0 saturated heterocycles. The van der Waals surface area contributed by atoms with Gasteiger partial charge >= 0.3 is 0 Å². The predicted octanol–water partition coefficient (Wildman–Crippen LogP) is 4.79. The minimum Gasteiger partial charge on any atom is -0.493 e. The van der Waals surface area contributed by atoms with Gasteiger partial charge in [-0.1, -0.05) is 35.6 Å². The van der Waals surface area contributed by atoms with Crippen molar-refractivity contribution in [3.63, 3.8) is 0 Å². The van der Waals surface area contributed by atoms with Gasteiger partial charge in [-0.3, -0.25) is 10.1 Å². The van der Waals surface area contributed by atoms with Crippen LogP contribution < -0.4 is 10.1 Å². The van der Waals surface area contributed by atoms with E-state index in [1.165, 1.54) is 16.9 Å². The fourth-order valence-corrected chi connectivity index (χ4v) is 3.51. The number of aromatic nitrogens is 2. The lowest BCUT2D eigenvalue weighted by Gasteiger charge is -2.08. The first-order valence-corrected chi connectivity index (χ1v) is 9.72. The average Bonchev–Trinajstić information content (AvgIpc) is 3.05. The van der Waals surface area contributed by atoms with E-state index >= 15 is 0 Å². The molecule has 1 aromatic heterocycles. The van der Waals surface area contributed by atoms with Crippen LogP contribution >= 0.6 is 27.3 Å². The van der Waals surface area contributed by atoms with Crippen molar-refractivity contribution in [1.82, 2.24) is 10.2 Å². The third-order valence-electron chi connectivity index (χ3n) is 3.72. The number of aryl methyl sites for hydroxylation is 2. The van der Waals surface area contributed by atoms with Crippen LogP contribution in [-0.4, -0.2) is 22.7 Å². The molecule has 5 nitrogen and oxygen atoms in total. The fraction of sp³-hybridized carbons (Fsp3) is 0.211. The van der Waals surface area contributed by atoms with Crippen LogP contribution in [-0.2, 0) is 6.42 Å². The van der Waals surface area contributed by atoms with Gasteiger partial charge in [-0.2, -0.15) is 0 Å². The summed E-state index contributed by atoms with van der Waals surface area (Å²) in [6.07, 6.45) is 0.635. The zero-order chi connectivity index (χ0) is 18.5. The van der Waals surface area contributed by atoms with Crippen LogP contribution in [0.4, 0.5) is 5.13 Å². The number of carbonyl (C=O) groups is 1. The molecule has 0 aliphatic carbocycles. The molecule has 0 radical (unpaired) electrons. The van der Waals surface area contributed by atoms with Crippen molar-refractivity contribution in [3.8, 4) is 5.75 Å². The highest BCUT2D eigenvalue weighted by molar-refractivity contribution is 9.10. The van der Waals surface area contributed by atoms with Crippen molar-refractivity contribution in [1.29, 1.82) is 0 Å². The number of halogens is 1. The molecule has 3 aromatic rings. The molecule has 0 bridgehead atoms. The van der Waals surface area contributed by atoms with Gasteiger partial charge in [0.1, 0.15) is 10.8 Å². The topological polar surface area (TPSA) is 64.1 Å². The van der Waals surface area contributed by atoms with E-state index in [0.29, 0.717) is 23.7 Å². The number of anilines is 1. The lowest BCUT2D eigenvalue weighted by Crippen LogP contribution is -2.12. The number of nitrogens with one attached hydrogen (secondary N) is 1. The smallest absolute Gasteiger partial charge is 0.258 e. The van der Waals surface area contributed by atoms with Crippen LogP contribution in [0, 0.1) is 13.8 Å². The molecule has 0 aliphatic rings. The highest BCUT2D eigenvalue weighted by atomic mass is 79.9.